The topological polar surface area (TPSA) is 46.3 Å². The fourth-order valence-electron chi connectivity index (χ4n) is 2.12. The maximum absolute atomic E-state index is 11.3. The lowest BCUT2D eigenvalue weighted by Crippen LogP contribution is -2.37. The Labute approximate surface area is 124 Å². The number of amides is 2. The molecule has 0 unspecified atom stereocenters. The monoisotopic (exact) mass is 280 g/mol. The highest BCUT2D eigenvalue weighted by Gasteiger charge is 2.08. The molecule has 20 heavy (non-hydrogen) atoms. The zero-order valence-corrected chi connectivity index (χ0v) is 13.6. The Bertz CT molecular complexity index is 321. The van der Waals surface area contributed by atoms with Gasteiger partial charge in [-0.25, -0.2) is 4.79 Å². The molecule has 0 fully saturated rings. The van der Waals surface area contributed by atoms with Crippen molar-refractivity contribution in [3.63, 3.8) is 0 Å². The number of primary amides is 1. The van der Waals surface area contributed by atoms with Crippen LogP contribution in [0, 0.1) is 0 Å². The first-order valence-electron chi connectivity index (χ1n) is 7.87. The molecule has 0 rings (SSSR count). The second-order valence-electron chi connectivity index (χ2n) is 5.52. The molecule has 2 N–H and O–H groups in total. The van der Waals surface area contributed by atoms with E-state index in [0.29, 0.717) is 6.54 Å². The minimum Gasteiger partial charge on any atom is -0.351 e. The van der Waals surface area contributed by atoms with Crippen molar-refractivity contribution in [1.29, 1.82) is 0 Å². The van der Waals surface area contributed by atoms with E-state index in [1.54, 1.807) is 4.90 Å². The van der Waals surface area contributed by atoms with Crippen LogP contribution in [0.15, 0.2) is 23.8 Å². The fourth-order valence-corrected chi connectivity index (χ4v) is 2.12. The Balaban J connectivity index is 3.95. The molecule has 0 saturated carbocycles. The van der Waals surface area contributed by atoms with Crippen LogP contribution in [-0.4, -0.2) is 24.0 Å². The smallest absolute Gasteiger partial charge is 0.314 e. The molecule has 0 radical (unpaired) electrons. The van der Waals surface area contributed by atoms with Crippen molar-refractivity contribution < 1.29 is 4.79 Å². The number of rotatable bonds is 11. The molecule has 0 spiro atoms. The first-order valence-corrected chi connectivity index (χ1v) is 7.87. The maximum Gasteiger partial charge on any atom is 0.314 e. The Morgan fingerprint density at radius 3 is 2.40 bits per heavy atom. The van der Waals surface area contributed by atoms with E-state index in [1.165, 1.54) is 24.0 Å². The normalized spacial score (nSPS) is 11.4. The highest BCUT2D eigenvalue weighted by molar-refractivity contribution is 5.71. The van der Waals surface area contributed by atoms with E-state index in [9.17, 15) is 4.79 Å². The van der Waals surface area contributed by atoms with E-state index in [4.69, 9.17) is 5.73 Å². The molecule has 0 aliphatic rings. The van der Waals surface area contributed by atoms with Crippen LogP contribution in [0.1, 0.15) is 65.7 Å². The van der Waals surface area contributed by atoms with Gasteiger partial charge >= 0.3 is 6.03 Å². The number of nitrogens with two attached hydrogens (primary N) is 1. The van der Waals surface area contributed by atoms with Crippen molar-refractivity contribution in [3.05, 3.63) is 23.8 Å². The average Bonchev–Trinajstić information content (AvgIpc) is 2.38. The number of nitrogens with zero attached hydrogens (tertiary/aromatic N) is 1. The first kappa shape index (κ1) is 18.8. The predicted octanol–water partition coefficient (Wildman–Crippen LogP) is 4.64. The van der Waals surface area contributed by atoms with Crippen molar-refractivity contribution in [2.45, 2.75) is 65.7 Å². The van der Waals surface area contributed by atoms with Crippen LogP contribution in [0.5, 0.6) is 0 Å². The number of allylic oxidation sites excluding steroid dienone is 2. The van der Waals surface area contributed by atoms with Crippen LogP contribution in [0.3, 0.4) is 0 Å². The highest BCUT2D eigenvalue weighted by atomic mass is 16.2. The summed E-state index contributed by atoms with van der Waals surface area (Å²) in [7, 11) is 0. The molecule has 0 bridgehead atoms. The van der Waals surface area contributed by atoms with Gasteiger partial charge in [0.2, 0.25) is 0 Å². The van der Waals surface area contributed by atoms with Crippen LogP contribution in [0.4, 0.5) is 4.79 Å². The number of hydrogen-bond donors (Lipinski definition) is 1. The molecule has 0 aromatic carbocycles. The molecule has 0 aliphatic heterocycles. The van der Waals surface area contributed by atoms with Crippen LogP contribution in [0.25, 0.3) is 0 Å². The van der Waals surface area contributed by atoms with Gasteiger partial charge in [0, 0.05) is 13.1 Å². The van der Waals surface area contributed by atoms with Gasteiger partial charge in [-0.05, 0) is 39.0 Å². The molecule has 3 nitrogen and oxygen atoms in total. The molecule has 0 aromatic heterocycles. The Morgan fingerprint density at radius 2 is 1.85 bits per heavy atom. The molecule has 0 aromatic rings. The van der Waals surface area contributed by atoms with Gasteiger partial charge in [-0.2, -0.15) is 0 Å². The number of unbranched alkanes of at least 4 members (excludes halogenated alkanes) is 1. The molecule has 116 valence electrons. The minimum absolute atomic E-state index is 0.315. The minimum atomic E-state index is -0.315. The summed E-state index contributed by atoms with van der Waals surface area (Å²) in [4.78, 5) is 13.0. The van der Waals surface area contributed by atoms with Crippen LogP contribution < -0.4 is 5.73 Å². The summed E-state index contributed by atoms with van der Waals surface area (Å²) < 4.78 is 0. The molecular formula is C17H32N2O. The Morgan fingerprint density at radius 1 is 1.15 bits per heavy atom. The highest BCUT2D eigenvalue weighted by Crippen LogP contribution is 2.12. The lowest BCUT2D eigenvalue weighted by atomic mass is 10.1. The molecule has 3 heteroatoms. The van der Waals surface area contributed by atoms with E-state index < -0.39 is 0 Å². The third-order valence-electron chi connectivity index (χ3n) is 3.46. The standard InChI is InChI=1S/C17H32N2O/c1-5-7-13-19(17(18)20)14-12-16(4)11-8-10-15(3)9-6-2/h10H,4-9,11-14H2,1-3H3,(H2,18,20)/b15-10-. The van der Waals surface area contributed by atoms with Gasteiger partial charge in [-0.3, -0.25) is 0 Å². The molecule has 2 amide bonds. The lowest BCUT2D eigenvalue weighted by molar-refractivity contribution is 0.207. The number of carbonyl (C=O) groups is 1. The molecule has 0 aliphatic carbocycles. The number of urea groups is 1. The summed E-state index contributed by atoms with van der Waals surface area (Å²) in [5.41, 5.74) is 8.05. The molecule has 0 heterocycles. The molecule has 0 saturated heterocycles. The third kappa shape index (κ3) is 9.65. The van der Waals surface area contributed by atoms with E-state index in [-0.39, 0.29) is 6.03 Å². The second-order valence-corrected chi connectivity index (χ2v) is 5.52. The first-order chi connectivity index (χ1) is 9.51. The van der Waals surface area contributed by atoms with Gasteiger partial charge in [0.1, 0.15) is 0 Å². The largest absolute Gasteiger partial charge is 0.351 e. The van der Waals surface area contributed by atoms with Crippen LogP contribution in [-0.2, 0) is 0 Å². The zero-order valence-electron chi connectivity index (χ0n) is 13.6. The summed E-state index contributed by atoms with van der Waals surface area (Å²) >= 11 is 0. The Hall–Kier alpha value is -1.25. The average molecular weight is 280 g/mol. The Kier molecular flexibility index (Phi) is 10.8. The van der Waals surface area contributed by atoms with Crippen LogP contribution >= 0.6 is 0 Å². The zero-order chi connectivity index (χ0) is 15.4. The van der Waals surface area contributed by atoms with Gasteiger partial charge in [-0.15, -0.1) is 0 Å². The SMILES string of the molecule is C=C(CC/C=C(/C)CCC)CCN(CCCC)C(N)=O. The van der Waals surface area contributed by atoms with Crippen molar-refractivity contribution in [2.24, 2.45) is 5.73 Å². The van der Waals surface area contributed by atoms with Gasteiger partial charge in [0.05, 0.1) is 0 Å². The van der Waals surface area contributed by atoms with Crippen molar-refractivity contribution in [1.82, 2.24) is 4.90 Å². The quantitative estimate of drug-likeness (QED) is 0.551. The van der Waals surface area contributed by atoms with E-state index in [0.717, 1.165) is 38.6 Å². The van der Waals surface area contributed by atoms with Crippen molar-refractivity contribution in [2.75, 3.05) is 13.1 Å². The lowest BCUT2D eigenvalue weighted by Gasteiger charge is -2.20. The number of carbonyl (C=O) groups excluding carboxylic acids is 1. The number of hydrogen-bond acceptors (Lipinski definition) is 1. The van der Waals surface area contributed by atoms with Gasteiger partial charge in [0.25, 0.3) is 0 Å². The molecular weight excluding hydrogens is 248 g/mol. The summed E-state index contributed by atoms with van der Waals surface area (Å²) in [5, 5.41) is 0. The second kappa shape index (κ2) is 11.6. The van der Waals surface area contributed by atoms with Crippen LogP contribution in [0.2, 0.25) is 0 Å². The van der Waals surface area contributed by atoms with E-state index in [1.807, 2.05) is 0 Å². The van der Waals surface area contributed by atoms with Gasteiger partial charge in [0.15, 0.2) is 0 Å². The fraction of sp³-hybridized carbons (Fsp3) is 0.706. The van der Waals surface area contributed by atoms with Crippen molar-refractivity contribution >= 4 is 6.03 Å². The maximum atomic E-state index is 11.3. The van der Waals surface area contributed by atoms with E-state index >= 15 is 0 Å². The van der Waals surface area contributed by atoms with E-state index in [2.05, 4.69) is 33.4 Å². The van der Waals surface area contributed by atoms with Gasteiger partial charge in [-0.1, -0.05) is 50.5 Å². The summed E-state index contributed by atoms with van der Waals surface area (Å²) in [6.07, 6.45) is 9.68. The van der Waals surface area contributed by atoms with Gasteiger partial charge < -0.3 is 10.6 Å². The summed E-state index contributed by atoms with van der Waals surface area (Å²) in [6.45, 7) is 12.1. The molecule has 0 atom stereocenters. The third-order valence-corrected chi connectivity index (χ3v) is 3.46. The predicted molar refractivity (Wildman–Crippen MR) is 87.7 cm³/mol. The van der Waals surface area contributed by atoms with Crippen molar-refractivity contribution in [3.8, 4) is 0 Å². The summed E-state index contributed by atoms with van der Waals surface area (Å²) in [6, 6.07) is -0.315. The summed E-state index contributed by atoms with van der Waals surface area (Å²) in [5.74, 6) is 0.